The van der Waals surface area contributed by atoms with Crippen molar-refractivity contribution >= 4 is 5.69 Å². The summed E-state index contributed by atoms with van der Waals surface area (Å²) in [5.41, 5.74) is 10.0. The van der Waals surface area contributed by atoms with Crippen molar-refractivity contribution in [1.82, 2.24) is 4.90 Å². The van der Waals surface area contributed by atoms with Crippen molar-refractivity contribution in [2.24, 2.45) is 5.73 Å². The van der Waals surface area contributed by atoms with E-state index in [0.717, 1.165) is 6.04 Å². The van der Waals surface area contributed by atoms with Crippen LogP contribution in [0, 0.1) is 6.92 Å². The molecular formula is C17H27N3. The first-order valence-corrected chi connectivity index (χ1v) is 8.00. The van der Waals surface area contributed by atoms with Crippen LogP contribution in [0.3, 0.4) is 0 Å². The molecule has 2 aliphatic rings. The van der Waals surface area contributed by atoms with Crippen molar-refractivity contribution in [1.29, 1.82) is 0 Å². The zero-order valence-electron chi connectivity index (χ0n) is 12.8. The van der Waals surface area contributed by atoms with E-state index in [1.807, 2.05) is 0 Å². The number of piperidine rings is 1. The molecule has 1 aromatic carbocycles. The Bertz CT molecular complexity index is 471. The lowest BCUT2D eigenvalue weighted by Crippen LogP contribution is -2.59. The number of piperazine rings is 1. The number of hydrogen-bond acceptors (Lipinski definition) is 3. The van der Waals surface area contributed by atoms with Gasteiger partial charge in [-0.3, -0.25) is 4.90 Å². The van der Waals surface area contributed by atoms with Gasteiger partial charge < -0.3 is 10.6 Å². The highest BCUT2D eigenvalue weighted by Crippen LogP contribution is 2.32. The van der Waals surface area contributed by atoms with Crippen LogP contribution in [0.1, 0.15) is 37.3 Å². The average molecular weight is 273 g/mol. The minimum Gasteiger partial charge on any atom is -0.365 e. The van der Waals surface area contributed by atoms with Crippen molar-refractivity contribution in [3.63, 3.8) is 0 Å². The monoisotopic (exact) mass is 273 g/mol. The topological polar surface area (TPSA) is 32.5 Å². The Balaban J connectivity index is 1.90. The lowest BCUT2D eigenvalue weighted by molar-refractivity contribution is 0.115. The van der Waals surface area contributed by atoms with Crippen molar-refractivity contribution in [3.8, 4) is 0 Å². The van der Waals surface area contributed by atoms with Gasteiger partial charge in [-0.1, -0.05) is 24.6 Å². The lowest BCUT2D eigenvalue weighted by atomic mass is 9.95. The molecule has 0 aromatic heterocycles. The van der Waals surface area contributed by atoms with E-state index in [1.54, 1.807) is 0 Å². The predicted molar refractivity (Wildman–Crippen MR) is 85.1 cm³/mol. The number of benzene rings is 1. The number of nitrogens with zero attached hydrogens (tertiary/aromatic N) is 2. The molecule has 2 atom stereocenters. The zero-order chi connectivity index (χ0) is 14.1. The summed E-state index contributed by atoms with van der Waals surface area (Å²) in [6, 6.07) is 7.85. The first-order valence-electron chi connectivity index (χ1n) is 8.00. The van der Waals surface area contributed by atoms with Gasteiger partial charge in [-0.25, -0.2) is 0 Å². The molecule has 3 heteroatoms. The molecule has 0 amide bonds. The van der Waals surface area contributed by atoms with Crippen LogP contribution in [-0.2, 0) is 6.54 Å². The number of nitrogens with two attached hydrogens (primary N) is 1. The van der Waals surface area contributed by atoms with Crippen molar-refractivity contribution in [2.45, 2.75) is 51.7 Å². The molecule has 2 N–H and O–H groups in total. The molecule has 20 heavy (non-hydrogen) atoms. The third-order valence-corrected chi connectivity index (χ3v) is 5.02. The first-order chi connectivity index (χ1) is 9.70. The lowest BCUT2D eigenvalue weighted by Gasteiger charge is -2.49. The van der Waals surface area contributed by atoms with Gasteiger partial charge in [0.25, 0.3) is 0 Å². The molecule has 2 saturated heterocycles. The SMILES string of the molecule is Cc1cccc(CN)c1N1CC2CCCCN2CC1C. The highest BCUT2D eigenvalue weighted by atomic mass is 15.3. The van der Waals surface area contributed by atoms with Crippen LogP contribution in [0.4, 0.5) is 5.69 Å². The van der Waals surface area contributed by atoms with E-state index >= 15 is 0 Å². The summed E-state index contributed by atoms with van der Waals surface area (Å²) >= 11 is 0. The number of anilines is 1. The third-order valence-electron chi connectivity index (χ3n) is 5.02. The molecule has 0 saturated carbocycles. The minimum atomic E-state index is 0.579. The van der Waals surface area contributed by atoms with Gasteiger partial charge in [0.15, 0.2) is 0 Å². The molecule has 2 heterocycles. The van der Waals surface area contributed by atoms with E-state index in [-0.39, 0.29) is 0 Å². The molecule has 2 aliphatic heterocycles. The molecule has 3 rings (SSSR count). The molecule has 2 unspecified atom stereocenters. The largest absolute Gasteiger partial charge is 0.365 e. The van der Waals surface area contributed by atoms with Gasteiger partial charge in [-0.15, -0.1) is 0 Å². The number of aryl methyl sites for hydroxylation is 1. The summed E-state index contributed by atoms with van der Waals surface area (Å²) in [5.74, 6) is 0. The van der Waals surface area contributed by atoms with E-state index in [0.29, 0.717) is 12.6 Å². The predicted octanol–water partition coefficient (Wildman–Crippen LogP) is 2.52. The molecule has 0 aliphatic carbocycles. The van der Waals surface area contributed by atoms with Crippen LogP contribution in [-0.4, -0.2) is 36.6 Å². The van der Waals surface area contributed by atoms with Gasteiger partial charge in [0.2, 0.25) is 0 Å². The number of fused-ring (bicyclic) bond motifs is 1. The van der Waals surface area contributed by atoms with Crippen LogP contribution in [0.25, 0.3) is 0 Å². The zero-order valence-corrected chi connectivity index (χ0v) is 12.8. The van der Waals surface area contributed by atoms with E-state index in [4.69, 9.17) is 5.73 Å². The Morgan fingerprint density at radius 2 is 2.10 bits per heavy atom. The van der Waals surface area contributed by atoms with Crippen molar-refractivity contribution < 1.29 is 0 Å². The summed E-state index contributed by atoms with van der Waals surface area (Å²) in [6.45, 7) is 8.86. The molecule has 1 aromatic rings. The Morgan fingerprint density at radius 1 is 1.25 bits per heavy atom. The summed E-state index contributed by atoms with van der Waals surface area (Å²) in [7, 11) is 0. The van der Waals surface area contributed by atoms with Gasteiger partial charge in [-0.05, 0) is 44.4 Å². The summed E-state index contributed by atoms with van der Waals surface area (Å²) in [4.78, 5) is 5.31. The Kier molecular flexibility index (Phi) is 3.99. The fourth-order valence-electron chi connectivity index (χ4n) is 3.96. The summed E-state index contributed by atoms with van der Waals surface area (Å²) in [6.07, 6.45) is 4.12. The van der Waals surface area contributed by atoms with Gasteiger partial charge in [-0.2, -0.15) is 0 Å². The molecule has 2 fully saturated rings. The standard InChI is InChI=1S/C17H27N3/c1-13-6-5-7-15(10-18)17(13)20-12-16-8-3-4-9-19(16)11-14(20)2/h5-7,14,16H,3-4,8-12,18H2,1-2H3. The van der Waals surface area contributed by atoms with Crippen LogP contribution in [0.2, 0.25) is 0 Å². The number of hydrogen-bond donors (Lipinski definition) is 1. The highest BCUT2D eigenvalue weighted by Gasteiger charge is 2.34. The fourth-order valence-corrected chi connectivity index (χ4v) is 3.96. The van der Waals surface area contributed by atoms with Gasteiger partial charge in [0, 0.05) is 37.4 Å². The van der Waals surface area contributed by atoms with Crippen molar-refractivity contribution in [3.05, 3.63) is 29.3 Å². The molecule has 110 valence electrons. The summed E-state index contributed by atoms with van der Waals surface area (Å²) < 4.78 is 0. The average Bonchev–Trinajstić information content (AvgIpc) is 2.46. The maximum absolute atomic E-state index is 5.97. The van der Waals surface area contributed by atoms with Crippen molar-refractivity contribution in [2.75, 3.05) is 24.5 Å². The van der Waals surface area contributed by atoms with Gasteiger partial charge in [0.1, 0.15) is 0 Å². The Morgan fingerprint density at radius 3 is 2.90 bits per heavy atom. The molecule has 0 radical (unpaired) electrons. The second-order valence-corrected chi connectivity index (χ2v) is 6.43. The number of para-hydroxylation sites is 1. The molecule has 3 nitrogen and oxygen atoms in total. The van der Waals surface area contributed by atoms with Crippen LogP contribution in [0.15, 0.2) is 18.2 Å². The first kappa shape index (κ1) is 13.9. The van der Waals surface area contributed by atoms with E-state index in [9.17, 15) is 0 Å². The Hall–Kier alpha value is -1.06. The van der Waals surface area contributed by atoms with Gasteiger partial charge in [0.05, 0.1) is 0 Å². The molecule has 0 spiro atoms. The maximum Gasteiger partial charge on any atom is 0.0444 e. The second-order valence-electron chi connectivity index (χ2n) is 6.43. The Labute approximate surface area is 122 Å². The quantitative estimate of drug-likeness (QED) is 0.898. The molecule has 0 bridgehead atoms. The maximum atomic E-state index is 5.97. The van der Waals surface area contributed by atoms with Crippen LogP contribution in [0.5, 0.6) is 0 Å². The second kappa shape index (κ2) is 5.74. The number of rotatable bonds is 2. The van der Waals surface area contributed by atoms with E-state index in [2.05, 4.69) is 41.8 Å². The smallest absolute Gasteiger partial charge is 0.0444 e. The third kappa shape index (κ3) is 2.45. The molecular weight excluding hydrogens is 246 g/mol. The van der Waals surface area contributed by atoms with E-state index in [1.165, 1.54) is 55.7 Å². The van der Waals surface area contributed by atoms with Gasteiger partial charge >= 0.3 is 0 Å². The minimum absolute atomic E-state index is 0.579. The highest BCUT2D eigenvalue weighted by molar-refractivity contribution is 5.60. The summed E-state index contributed by atoms with van der Waals surface area (Å²) in [5, 5.41) is 0. The van der Waals surface area contributed by atoms with Crippen LogP contribution < -0.4 is 10.6 Å². The fraction of sp³-hybridized carbons (Fsp3) is 0.647. The van der Waals surface area contributed by atoms with E-state index < -0.39 is 0 Å². The van der Waals surface area contributed by atoms with Crippen LogP contribution >= 0.6 is 0 Å². The normalized spacial score (nSPS) is 27.4.